The summed E-state index contributed by atoms with van der Waals surface area (Å²) in [6.45, 7) is 17.9. The number of alkyl halides is 12. The normalized spacial score (nSPS) is 13.9. The van der Waals surface area contributed by atoms with Crippen LogP contribution in [0.3, 0.4) is 0 Å². The molecule has 132 heavy (non-hydrogen) atoms. The quantitative estimate of drug-likeness (QED) is 0.00500. The van der Waals surface area contributed by atoms with E-state index in [1.807, 2.05) is 0 Å². The fourth-order valence-corrected chi connectivity index (χ4v) is 14.6. The van der Waals surface area contributed by atoms with Crippen LogP contribution in [0.25, 0.3) is 43.1 Å². The molecule has 0 spiro atoms. The Labute approximate surface area is 745 Å². The summed E-state index contributed by atoms with van der Waals surface area (Å²) >= 11 is 0. The summed E-state index contributed by atoms with van der Waals surface area (Å²) in [6.07, 6.45) is -31.0. The summed E-state index contributed by atoms with van der Waals surface area (Å²) in [5.41, 5.74) is -0.416. The lowest BCUT2D eigenvalue weighted by atomic mass is 9.80. The molecule has 4 unspecified atom stereocenters. The number of hydrogen-bond donors (Lipinski definition) is 0. The van der Waals surface area contributed by atoms with Crippen molar-refractivity contribution in [2.75, 3.05) is 79.3 Å². The predicted molar refractivity (Wildman–Crippen MR) is 448 cm³/mol. The second-order valence-electron chi connectivity index (χ2n) is 30.0. The summed E-state index contributed by atoms with van der Waals surface area (Å²) < 4.78 is 255. The Kier molecular flexibility index (Phi) is 32.3. The maximum absolute atomic E-state index is 16.4. The van der Waals surface area contributed by atoms with Gasteiger partial charge in [-0.2, -0.15) is 52.7 Å². The van der Waals surface area contributed by atoms with Gasteiger partial charge < -0.3 is 66.3 Å². The highest BCUT2D eigenvalue weighted by molar-refractivity contribution is 6.45. The smallest absolute Gasteiger partial charge is 0.434 e. The van der Waals surface area contributed by atoms with Crippen molar-refractivity contribution in [1.29, 1.82) is 0 Å². The van der Waals surface area contributed by atoms with Gasteiger partial charge in [-0.1, -0.05) is 115 Å². The minimum Gasteiger partial charge on any atom is -0.460 e. The fourth-order valence-electron chi connectivity index (χ4n) is 14.6. The van der Waals surface area contributed by atoms with Crippen molar-refractivity contribution in [2.45, 2.75) is 115 Å². The first kappa shape index (κ1) is 99.1. The Morgan fingerprint density at radius 3 is 0.720 bits per heavy atom. The van der Waals surface area contributed by atoms with E-state index >= 15 is 19.2 Å². The average Bonchev–Trinajstić information content (AvgIpc) is 0.668. The molecule has 38 heteroatoms. The summed E-state index contributed by atoms with van der Waals surface area (Å²) in [5, 5.41) is -2.70. The van der Waals surface area contributed by atoms with Gasteiger partial charge in [-0.05, 0) is 133 Å². The maximum Gasteiger partial charge on any atom is 0.434 e. The van der Waals surface area contributed by atoms with Crippen molar-refractivity contribution in [3.05, 3.63) is 216 Å². The zero-order valence-electron chi connectivity index (χ0n) is 71.1. The van der Waals surface area contributed by atoms with Gasteiger partial charge in [0.15, 0.2) is 0 Å². The van der Waals surface area contributed by atoms with E-state index in [1.165, 1.54) is 62.4 Å². The summed E-state index contributed by atoms with van der Waals surface area (Å²) in [5.74, 6) is -19.4. The number of ether oxygens (including phenoxy) is 14. The number of benzene rings is 9. The number of nitrogens with zero attached hydrogens (tertiary/aromatic N) is 2. The minimum absolute atomic E-state index is 0.0387. The molecule has 11 rings (SSSR count). The summed E-state index contributed by atoms with van der Waals surface area (Å²) in [7, 11) is 0. The van der Waals surface area contributed by atoms with Crippen molar-refractivity contribution < 1.29 is 167 Å². The fraction of sp³-hybridized carbons (Fsp3) is 0.340. The molecule has 9 aromatic carbocycles. The van der Waals surface area contributed by atoms with Crippen LogP contribution in [0.4, 0.5) is 52.7 Å². The molecule has 0 saturated carbocycles. The molecule has 9 aromatic rings. The number of carbonyl (C=O) groups excluding carboxylic acids is 10. The highest BCUT2D eigenvalue weighted by Crippen LogP contribution is 2.59. The number of rotatable bonds is 46. The van der Waals surface area contributed by atoms with E-state index < -0.39 is 176 Å². The first-order chi connectivity index (χ1) is 62.7. The van der Waals surface area contributed by atoms with Crippen molar-refractivity contribution in [2.24, 2.45) is 11.8 Å². The number of hydrogen-bond acceptors (Lipinski definition) is 24. The Balaban J connectivity index is 1.26. The number of halogens is 12. The van der Waals surface area contributed by atoms with Crippen LogP contribution in [0.5, 0.6) is 46.0 Å². The van der Waals surface area contributed by atoms with Crippen LogP contribution < -0.4 is 18.9 Å². The molecule has 2 aliphatic heterocycles. The molecule has 0 radical (unpaired) electrons. The molecule has 0 aromatic heterocycles. The van der Waals surface area contributed by atoms with E-state index in [9.17, 15) is 81.5 Å². The van der Waals surface area contributed by atoms with Gasteiger partial charge in [0.2, 0.25) is 0 Å². The zero-order valence-corrected chi connectivity index (χ0v) is 71.1. The van der Waals surface area contributed by atoms with Gasteiger partial charge in [0.05, 0.1) is 75.1 Å². The SMILES string of the molecule is C=CC(=O)OCCOCCc1ccc(Oc2cc3c4c(cc(Oc5ccc(CCOCCOC(=O)C=C)cc5)c5c6c(Oc7ccc(CCOCCOC(=O)C=C)cc7)cc7c8c(cc(Oc9ccc(CCOCCOC(=O)C=C)cc9)c(c2c45)c86)C(=O)N(C(C(=O)OC(C(F)(F)F)C(F)(F)F)C(C)CC)C7=O)C(=O)N(C(C(=O)OC(C(F)(F)F)C(F)(F)F)C(C)CC)C3=O)cc1. The Hall–Kier alpha value is -13.5. The molecular weight excluding hydrogens is 1770 g/mol. The second-order valence-corrected chi connectivity index (χ2v) is 30.0. The topological polar surface area (TPSA) is 306 Å². The largest absolute Gasteiger partial charge is 0.460 e. The van der Waals surface area contributed by atoms with E-state index in [0.717, 1.165) is 62.4 Å². The molecule has 26 nitrogen and oxygen atoms in total. The highest BCUT2D eigenvalue weighted by Gasteiger charge is 2.63. The molecule has 0 N–H and O–H groups in total. The average molecular weight is 1860 g/mol. The number of imide groups is 2. The standard InChI is InChI=1S/C94H86F12N2O24/c1-9-51(7)81(87(117)131-89(91(95,96)97)92(98,99)100)107-83(113)61-47-65(127-57-23-15-53(16-24-57)31-35-119-39-43-123-69(109)11-3)75-77-67(129-59-27-19-55(20-28-59)33-37-121-41-45-125-71(111)13-5)49-63-74-64(86(116)108(85(63)115)82(52(8)10-2)88(118)132-90(93(101,102)103)94(104,105)106)50-68(130-60-29-21-56(22-30-60)34-38-122-42-46-126-72(112)14-6)78(80(74)77)76-66(48-62(84(107)114)73(61)79(75)76)128-58-25-17-54(18-26-58)32-36-120-40-44-124-70(110)12-4/h11-30,47-52,81-82,89-90H,3-6,9-10,31-46H2,1-2,7-8H3. The first-order valence-electron chi connectivity index (χ1n) is 41.1. The molecule has 700 valence electrons. The van der Waals surface area contributed by atoms with Crippen LogP contribution in [0.1, 0.15) is 104 Å². The summed E-state index contributed by atoms with van der Waals surface area (Å²) in [6, 6.07) is 22.7. The number of carbonyl (C=O) groups is 10. The predicted octanol–water partition coefficient (Wildman–Crippen LogP) is 18.2. The lowest BCUT2D eigenvalue weighted by Crippen LogP contribution is -2.56. The van der Waals surface area contributed by atoms with Crippen LogP contribution in [0.15, 0.2) is 172 Å². The van der Waals surface area contributed by atoms with E-state index in [2.05, 4.69) is 35.8 Å². The molecule has 0 saturated heterocycles. The Morgan fingerprint density at radius 1 is 0.318 bits per heavy atom. The Morgan fingerprint density at radius 2 is 0.530 bits per heavy atom. The zero-order chi connectivity index (χ0) is 95.8. The van der Waals surface area contributed by atoms with Crippen molar-refractivity contribution >= 4 is 103 Å². The third-order valence-electron chi connectivity index (χ3n) is 21.3. The lowest BCUT2D eigenvalue weighted by molar-refractivity contribution is -0.314. The Bertz CT molecular complexity index is 5150. The van der Waals surface area contributed by atoms with Crippen molar-refractivity contribution in [3.8, 4) is 46.0 Å². The van der Waals surface area contributed by atoms with Gasteiger partial charge in [-0.15, -0.1) is 0 Å². The van der Waals surface area contributed by atoms with Gasteiger partial charge in [-0.3, -0.25) is 29.0 Å². The van der Waals surface area contributed by atoms with Gasteiger partial charge in [-0.25, -0.2) is 28.8 Å². The van der Waals surface area contributed by atoms with Gasteiger partial charge >= 0.3 is 60.5 Å². The third-order valence-corrected chi connectivity index (χ3v) is 21.3. The van der Waals surface area contributed by atoms with Crippen molar-refractivity contribution in [3.63, 3.8) is 0 Å². The third kappa shape index (κ3) is 23.3. The summed E-state index contributed by atoms with van der Waals surface area (Å²) in [4.78, 5) is 142. The highest BCUT2D eigenvalue weighted by atomic mass is 19.4. The van der Waals surface area contributed by atoms with Gasteiger partial charge in [0.25, 0.3) is 35.8 Å². The molecule has 4 atom stereocenters. The first-order valence-corrected chi connectivity index (χ1v) is 41.1. The molecule has 0 fully saturated rings. The second kappa shape index (κ2) is 43.1. The maximum atomic E-state index is 16.4. The number of amides is 4. The van der Waals surface area contributed by atoms with Gasteiger partial charge in [0.1, 0.15) is 84.5 Å². The molecule has 0 bridgehead atoms. The number of fused-ring (bicyclic) bond motifs is 2. The van der Waals surface area contributed by atoms with Crippen LogP contribution in [0, 0.1) is 11.8 Å². The van der Waals surface area contributed by atoms with E-state index in [-0.39, 0.29) is 183 Å². The van der Waals surface area contributed by atoms with Gasteiger partial charge in [0, 0.05) is 67.4 Å². The van der Waals surface area contributed by atoms with Crippen LogP contribution in [-0.2, 0) is 102 Å². The molecule has 0 aliphatic carbocycles. The molecule has 4 amide bonds. The van der Waals surface area contributed by atoms with E-state index in [1.54, 1.807) is 48.5 Å². The minimum atomic E-state index is -6.33. The monoisotopic (exact) mass is 1850 g/mol. The van der Waals surface area contributed by atoms with Crippen LogP contribution in [0.2, 0.25) is 0 Å². The van der Waals surface area contributed by atoms with Crippen LogP contribution in [-0.4, -0.2) is 198 Å². The molecule has 2 heterocycles. The lowest BCUT2D eigenvalue weighted by Gasteiger charge is -2.38. The number of esters is 6. The van der Waals surface area contributed by atoms with Crippen molar-refractivity contribution in [1.82, 2.24) is 9.80 Å². The molecular formula is C94H86F12N2O24. The molecule has 2 aliphatic rings. The van der Waals surface area contributed by atoms with E-state index in [4.69, 9.17) is 56.8 Å². The van der Waals surface area contributed by atoms with E-state index in [0.29, 0.717) is 22.3 Å². The van der Waals surface area contributed by atoms with Crippen LogP contribution >= 0.6 is 0 Å².